The summed E-state index contributed by atoms with van der Waals surface area (Å²) in [6.45, 7) is 1.42. The first-order valence-corrected chi connectivity index (χ1v) is 4.72. The van der Waals surface area contributed by atoms with E-state index < -0.39 is 23.8 Å². The average Bonchev–Trinajstić information content (AvgIpc) is 2.26. The van der Waals surface area contributed by atoms with Gasteiger partial charge in [-0.1, -0.05) is 0 Å². The summed E-state index contributed by atoms with van der Waals surface area (Å²) in [6.07, 6.45) is -3.76. The van der Waals surface area contributed by atoms with Crippen molar-refractivity contribution in [2.75, 3.05) is 11.9 Å². The van der Waals surface area contributed by atoms with Crippen LogP contribution in [0.15, 0.2) is 18.3 Å². The lowest BCUT2D eigenvalue weighted by Gasteiger charge is -2.22. The van der Waals surface area contributed by atoms with Gasteiger partial charge in [0.05, 0.1) is 5.56 Å². The predicted molar refractivity (Wildman–Crippen MR) is 54.7 cm³/mol. The third kappa shape index (κ3) is 3.08. The molecule has 0 aliphatic carbocycles. The van der Waals surface area contributed by atoms with Gasteiger partial charge < -0.3 is 10.0 Å². The molecule has 17 heavy (non-hydrogen) atoms. The van der Waals surface area contributed by atoms with Gasteiger partial charge in [0.15, 0.2) is 0 Å². The highest BCUT2D eigenvalue weighted by molar-refractivity contribution is 5.76. The SMILES string of the molecule is CC(C(=O)O)N(C)c1ccc(C(F)(F)F)cn1. The van der Waals surface area contributed by atoms with Crippen LogP contribution < -0.4 is 4.90 Å². The van der Waals surface area contributed by atoms with Crippen LogP contribution in [0.25, 0.3) is 0 Å². The van der Waals surface area contributed by atoms with Crippen LogP contribution in [0.3, 0.4) is 0 Å². The normalized spacial score (nSPS) is 13.2. The third-order valence-electron chi connectivity index (χ3n) is 2.37. The first-order chi connectivity index (χ1) is 7.73. The van der Waals surface area contributed by atoms with Crippen molar-refractivity contribution in [3.8, 4) is 0 Å². The van der Waals surface area contributed by atoms with Crippen molar-refractivity contribution in [1.29, 1.82) is 0 Å². The van der Waals surface area contributed by atoms with E-state index >= 15 is 0 Å². The third-order valence-corrected chi connectivity index (χ3v) is 2.37. The fourth-order valence-electron chi connectivity index (χ4n) is 1.13. The van der Waals surface area contributed by atoms with Gasteiger partial charge in [-0.05, 0) is 19.1 Å². The maximum atomic E-state index is 12.3. The Labute approximate surface area is 95.7 Å². The molecule has 1 heterocycles. The Balaban J connectivity index is 2.92. The van der Waals surface area contributed by atoms with Crippen molar-refractivity contribution in [3.63, 3.8) is 0 Å². The monoisotopic (exact) mass is 248 g/mol. The van der Waals surface area contributed by atoms with E-state index in [1.165, 1.54) is 18.9 Å². The summed E-state index contributed by atoms with van der Waals surface area (Å²) in [7, 11) is 1.45. The number of rotatable bonds is 3. The number of aliphatic carboxylic acids is 1. The number of nitrogens with zero attached hydrogens (tertiary/aromatic N) is 2. The Morgan fingerprint density at radius 2 is 2.06 bits per heavy atom. The van der Waals surface area contributed by atoms with Crippen molar-refractivity contribution in [2.45, 2.75) is 19.1 Å². The lowest BCUT2D eigenvalue weighted by atomic mass is 10.2. The fraction of sp³-hybridized carbons (Fsp3) is 0.400. The van der Waals surface area contributed by atoms with Gasteiger partial charge in [-0.15, -0.1) is 0 Å². The Morgan fingerprint density at radius 1 is 1.47 bits per heavy atom. The predicted octanol–water partition coefficient (Wildman–Crippen LogP) is 2.01. The van der Waals surface area contributed by atoms with E-state index in [2.05, 4.69) is 4.98 Å². The molecule has 0 aliphatic heterocycles. The number of carbonyl (C=O) groups is 1. The van der Waals surface area contributed by atoms with E-state index in [1.807, 2.05) is 0 Å². The summed E-state index contributed by atoms with van der Waals surface area (Å²) in [5, 5.41) is 8.75. The van der Waals surface area contributed by atoms with Gasteiger partial charge in [0.25, 0.3) is 0 Å². The first-order valence-electron chi connectivity index (χ1n) is 4.72. The van der Waals surface area contributed by atoms with Crippen LogP contribution in [-0.4, -0.2) is 29.1 Å². The highest BCUT2D eigenvalue weighted by atomic mass is 19.4. The molecule has 94 valence electrons. The summed E-state index contributed by atoms with van der Waals surface area (Å²) in [5.74, 6) is -0.901. The smallest absolute Gasteiger partial charge is 0.417 e. The molecule has 0 fully saturated rings. The van der Waals surface area contributed by atoms with E-state index in [0.717, 1.165) is 12.1 Å². The molecular weight excluding hydrogens is 237 g/mol. The zero-order chi connectivity index (χ0) is 13.2. The molecule has 0 spiro atoms. The topological polar surface area (TPSA) is 53.4 Å². The Hall–Kier alpha value is -1.79. The lowest BCUT2D eigenvalue weighted by molar-refractivity contribution is -0.139. The minimum atomic E-state index is -4.44. The molecule has 1 aromatic rings. The quantitative estimate of drug-likeness (QED) is 0.889. The molecule has 0 radical (unpaired) electrons. The van der Waals surface area contributed by atoms with Crippen molar-refractivity contribution < 1.29 is 23.1 Å². The number of alkyl halides is 3. The molecule has 0 saturated heterocycles. The lowest BCUT2D eigenvalue weighted by Crippen LogP contribution is -2.36. The average molecular weight is 248 g/mol. The van der Waals surface area contributed by atoms with Gasteiger partial charge in [0.2, 0.25) is 0 Å². The molecule has 1 unspecified atom stereocenters. The number of carboxylic acid groups (broad SMARTS) is 1. The highest BCUT2D eigenvalue weighted by Crippen LogP contribution is 2.29. The highest BCUT2D eigenvalue weighted by Gasteiger charge is 2.31. The molecule has 4 nitrogen and oxygen atoms in total. The standard InChI is InChI=1S/C10H11F3N2O2/c1-6(9(16)17)15(2)8-4-3-7(5-14-8)10(11,12)13/h3-6H,1-2H3,(H,16,17). The minimum Gasteiger partial charge on any atom is -0.480 e. The molecular formula is C10H11F3N2O2. The molecule has 1 atom stereocenters. The van der Waals surface area contributed by atoms with Crippen LogP contribution in [0.4, 0.5) is 19.0 Å². The fourth-order valence-corrected chi connectivity index (χ4v) is 1.13. The largest absolute Gasteiger partial charge is 0.480 e. The van der Waals surface area contributed by atoms with Crippen LogP contribution in [0.1, 0.15) is 12.5 Å². The second-order valence-corrected chi connectivity index (χ2v) is 3.53. The van der Waals surface area contributed by atoms with Gasteiger partial charge in [0.1, 0.15) is 11.9 Å². The second kappa shape index (κ2) is 4.60. The summed E-state index contributed by atoms with van der Waals surface area (Å²) in [6, 6.07) is 1.15. The minimum absolute atomic E-state index is 0.174. The maximum absolute atomic E-state index is 12.3. The molecule has 1 rings (SSSR count). The number of pyridine rings is 1. The molecule has 0 aliphatic rings. The van der Waals surface area contributed by atoms with Crippen molar-refractivity contribution in [1.82, 2.24) is 4.98 Å². The van der Waals surface area contributed by atoms with Gasteiger partial charge in [0, 0.05) is 13.2 Å². The summed E-state index contributed by atoms with van der Waals surface area (Å²) >= 11 is 0. The van der Waals surface area contributed by atoms with Gasteiger partial charge >= 0.3 is 12.1 Å². The van der Waals surface area contributed by atoms with Crippen molar-refractivity contribution in [2.24, 2.45) is 0 Å². The van der Waals surface area contributed by atoms with Crippen LogP contribution in [-0.2, 0) is 11.0 Å². The van der Waals surface area contributed by atoms with E-state index in [4.69, 9.17) is 5.11 Å². The number of likely N-dealkylation sites (N-methyl/N-ethyl adjacent to an activating group) is 1. The number of carboxylic acids is 1. The zero-order valence-corrected chi connectivity index (χ0v) is 9.19. The summed E-state index contributed by atoms with van der Waals surface area (Å²) in [5.41, 5.74) is -0.863. The van der Waals surface area contributed by atoms with Crippen molar-refractivity contribution in [3.05, 3.63) is 23.9 Å². The Bertz CT molecular complexity index is 403. The molecule has 7 heteroatoms. The molecule has 0 saturated carbocycles. The maximum Gasteiger partial charge on any atom is 0.417 e. The molecule has 0 aromatic carbocycles. The van der Waals surface area contributed by atoms with E-state index in [-0.39, 0.29) is 5.82 Å². The van der Waals surface area contributed by atoms with Crippen LogP contribution >= 0.6 is 0 Å². The Morgan fingerprint density at radius 3 is 2.41 bits per heavy atom. The second-order valence-electron chi connectivity index (χ2n) is 3.53. The molecule has 1 aromatic heterocycles. The number of aromatic nitrogens is 1. The Kier molecular flexibility index (Phi) is 3.59. The molecule has 1 N–H and O–H groups in total. The van der Waals surface area contributed by atoms with Crippen LogP contribution in [0.5, 0.6) is 0 Å². The zero-order valence-electron chi connectivity index (χ0n) is 9.19. The van der Waals surface area contributed by atoms with Gasteiger partial charge in [-0.2, -0.15) is 13.2 Å². The van der Waals surface area contributed by atoms with Crippen molar-refractivity contribution >= 4 is 11.8 Å². The molecule has 0 amide bonds. The van der Waals surface area contributed by atoms with E-state index in [9.17, 15) is 18.0 Å². The number of anilines is 1. The molecule has 0 bridgehead atoms. The number of halogens is 3. The first kappa shape index (κ1) is 13.3. The van der Waals surface area contributed by atoms with Gasteiger partial charge in [-0.25, -0.2) is 9.78 Å². The van der Waals surface area contributed by atoms with Crippen LogP contribution in [0.2, 0.25) is 0 Å². The number of hydrogen-bond donors (Lipinski definition) is 1. The van der Waals surface area contributed by atoms with E-state index in [0.29, 0.717) is 6.20 Å². The summed E-state index contributed by atoms with van der Waals surface area (Å²) in [4.78, 5) is 15.6. The number of hydrogen-bond acceptors (Lipinski definition) is 3. The van der Waals surface area contributed by atoms with Gasteiger partial charge in [-0.3, -0.25) is 0 Å². The van der Waals surface area contributed by atoms with E-state index in [1.54, 1.807) is 0 Å². The van der Waals surface area contributed by atoms with Crippen LogP contribution in [0, 0.1) is 0 Å². The summed E-state index contributed by atoms with van der Waals surface area (Å²) < 4.78 is 36.8.